The molecule has 1 aromatic carbocycles. The zero-order valence-electron chi connectivity index (χ0n) is 17.8. The first kappa shape index (κ1) is 20.3. The Bertz CT molecular complexity index is 998. The molecule has 0 aliphatic carbocycles. The molecule has 1 aliphatic rings. The SMILES string of the molecule is Cc1ccc(C(CC(N)=O)c2oc(C)cc2Cc2ccco2)c(N2CCCCC2)c1. The molecule has 2 aromatic heterocycles. The Kier molecular flexibility index (Phi) is 5.98. The largest absolute Gasteiger partial charge is 0.469 e. The molecule has 1 saturated heterocycles. The molecule has 5 nitrogen and oxygen atoms in total. The first-order valence-corrected chi connectivity index (χ1v) is 10.8. The molecular weight excluding hydrogens is 376 g/mol. The molecule has 2 N–H and O–H groups in total. The summed E-state index contributed by atoms with van der Waals surface area (Å²) in [6.07, 6.45) is 6.17. The van der Waals surface area contributed by atoms with E-state index < -0.39 is 0 Å². The van der Waals surface area contributed by atoms with Crippen LogP contribution in [0.15, 0.2) is 51.5 Å². The molecular formula is C25H30N2O3. The molecule has 158 valence electrons. The summed E-state index contributed by atoms with van der Waals surface area (Å²) in [6, 6.07) is 12.4. The van der Waals surface area contributed by atoms with Gasteiger partial charge in [0.25, 0.3) is 0 Å². The van der Waals surface area contributed by atoms with E-state index in [9.17, 15) is 4.79 Å². The highest BCUT2D eigenvalue weighted by atomic mass is 16.3. The molecule has 4 rings (SSSR count). The molecule has 0 spiro atoms. The number of hydrogen-bond acceptors (Lipinski definition) is 4. The van der Waals surface area contributed by atoms with Gasteiger partial charge in [-0.3, -0.25) is 4.79 Å². The Morgan fingerprint density at radius 1 is 1.13 bits per heavy atom. The van der Waals surface area contributed by atoms with Crippen LogP contribution in [0.25, 0.3) is 0 Å². The Labute approximate surface area is 177 Å². The van der Waals surface area contributed by atoms with E-state index in [2.05, 4.69) is 30.0 Å². The van der Waals surface area contributed by atoms with E-state index in [1.54, 1.807) is 6.26 Å². The summed E-state index contributed by atoms with van der Waals surface area (Å²) in [5.74, 6) is 1.95. The molecule has 3 aromatic rings. The van der Waals surface area contributed by atoms with Gasteiger partial charge in [-0.15, -0.1) is 0 Å². The van der Waals surface area contributed by atoms with Gasteiger partial charge in [-0.2, -0.15) is 0 Å². The lowest BCUT2D eigenvalue weighted by molar-refractivity contribution is -0.118. The van der Waals surface area contributed by atoms with Crippen molar-refractivity contribution >= 4 is 11.6 Å². The maximum absolute atomic E-state index is 12.1. The van der Waals surface area contributed by atoms with Gasteiger partial charge in [-0.25, -0.2) is 0 Å². The summed E-state index contributed by atoms with van der Waals surface area (Å²) in [5.41, 5.74) is 10.3. The monoisotopic (exact) mass is 406 g/mol. The molecule has 0 radical (unpaired) electrons. The normalized spacial score (nSPS) is 15.3. The smallest absolute Gasteiger partial charge is 0.218 e. The lowest BCUT2D eigenvalue weighted by atomic mass is 9.87. The molecule has 1 unspecified atom stereocenters. The number of rotatable bonds is 7. The maximum atomic E-state index is 12.1. The van der Waals surface area contributed by atoms with E-state index in [1.165, 1.54) is 30.5 Å². The second-order valence-electron chi connectivity index (χ2n) is 8.34. The number of amides is 1. The minimum absolute atomic E-state index is 0.210. The van der Waals surface area contributed by atoms with E-state index in [-0.39, 0.29) is 18.2 Å². The van der Waals surface area contributed by atoms with Gasteiger partial charge in [0.05, 0.1) is 12.2 Å². The Hall–Kier alpha value is -2.95. The van der Waals surface area contributed by atoms with Gasteiger partial charge >= 0.3 is 0 Å². The number of furan rings is 2. The van der Waals surface area contributed by atoms with Crippen molar-refractivity contribution < 1.29 is 13.6 Å². The lowest BCUT2D eigenvalue weighted by Crippen LogP contribution is -2.31. The Balaban J connectivity index is 1.79. The van der Waals surface area contributed by atoms with Crippen LogP contribution in [0.4, 0.5) is 5.69 Å². The molecule has 0 bridgehead atoms. The van der Waals surface area contributed by atoms with Crippen LogP contribution in [0.3, 0.4) is 0 Å². The predicted molar refractivity (Wildman–Crippen MR) is 118 cm³/mol. The van der Waals surface area contributed by atoms with E-state index in [0.29, 0.717) is 6.42 Å². The minimum atomic E-state index is -0.330. The fourth-order valence-corrected chi connectivity index (χ4v) is 4.52. The van der Waals surface area contributed by atoms with Gasteiger partial charge in [0, 0.05) is 37.2 Å². The first-order chi connectivity index (χ1) is 14.5. The number of nitrogens with two attached hydrogens (primary N) is 1. The quantitative estimate of drug-likeness (QED) is 0.594. The third kappa shape index (κ3) is 4.45. The van der Waals surface area contributed by atoms with Crippen molar-refractivity contribution in [2.24, 2.45) is 5.73 Å². The molecule has 1 aliphatic heterocycles. The molecule has 1 atom stereocenters. The topological polar surface area (TPSA) is 72.6 Å². The Morgan fingerprint density at radius 2 is 1.93 bits per heavy atom. The summed E-state index contributed by atoms with van der Waals surface area (Å²) in [6.45, 7) is 6.13. The molecule has 30 heavy (non-hydrogen) atoms. The van der Waals surface area contributed by atoms with Gasteiger partial charge < -0.3 is 19.5 Å². The highest BCUT2D eigenvalue weighted by Crippen LogP contribution is 2.39. The van der Waals surface area contributed by atoms with Gasteiger partial charge in [0.1, 0.15) is 17.3 Å². The van der Waals surface area contributed by atoms with Gasteiger partial charge in [0.2, 0.25) is 5.91 Å². The number of carbonyl (C=O) groups excluding carboxylic acids is 1. The number of piperidine rings is 1. The van der Waals surface area contributed by atoms with Crippen LogP contribution in [-0.2, 0) is 11.2 Å². The summed E-state index contributed by atoms with van der Waals surface area (Å²) in [7, 11) is 0. The predicted octanol–water partition coefficient (Wildman–Crippen LogP) is 5.08. The van der Waals surface area contributed by atoms with Gasteiger partial charge in [-0.05, 0) is 68.5 Å². The van der Waals surface area contributed by atoms with Gasteiger partial charge in [-0.1, -0.05) is 12.1 Å². The van der Waals surface area contributed by atoms with Crippen molar-refractivity contribution in [3.05, 3.63) is 76.6 Å². The molecule has 3 heterocycles. The number of primary amides is 1. The number of anilines is 1. The Morgan fingerprint density at radius 3 is 2.63 bits per heavy atom. The fourth-order valence-electron chi connectivity index (χ4n) is 4.52. The van der Waals surface area contributed by atoms with Crippen LogP contribution < -0.4 is 10.6 Å². The van der Waals surface area contributed by atoms with Crippen molar-refractivity contribution in [1.82, 2.24) is 0 Å². The molecule has 0 saturated carbocycles. The maximum Gasteiger partial charge on any atom is 0.218 e. The number of hydrogen-bond donors (Lipinski definition) is 1. The van der Waals surface area contributed by atoms with Gasteiger partial charge in [0.15, 0.2) is 0 Å². The third-order valence-electron chi connectivity index (χ3n) is 5.89. The van der Waals surface area contributed by atoms with Crippen LogP contribution in [0.5, 0.6) is 0 Å². The summed E-state index contributed by atoms with van der Waals surface area (Å²) in [5, 5.41) is 0. The van der Waals surface area contributed by atoms with Crippen LogP contribution in [0.2, 0.25) is 0 Å². The van der Waals surface area contributed by atoms with Crippen LogP contribution in [-0.4, -0.2) is 19.0 Å². The van der Waals surface area contributed by atoms with E-state index in [4.69, 9.17) is 14.6 Å². The zero-order chi connectivity index (χ0) is 21.1. The van der Waals surface area contributed by atoms with Crippen LogP contribution >= 0.6 is 0 Å². The van der Waals surface area contributed by atoms with E-state index >= 15 is 0 Å². The summed E-state index contributed by atoms with van der Waals surface area (Å²) >= 11 is 0. The van der Waals surface area contributed by atoms with Crippen molar-refractivity contribution in [1.29, 1.82) is 0 Å². The number of carbonyl (C=O) groups is 1. The standard InChI is InChI=1S/C25H30N2O3/c1-17-8-9-21(23(13-17)27-10-4-3-5-11-27)22(16-24(26)28)25-19(14-18(2)30-25)15-20-7-6-12-29-20/h6-9,12-14,22H,3-5,10-11,15-16H2,1-2H3,(H2,26,28). The zero-order valence-corrected chi connectivity index (χ0v) is 17.8. The molecule has 1 amide bonds. The van der Waals surface area contributed by atoms with E-state index in [1.807, 2.05) is 25.1 Å². The third-order valence-corrected chi connectivity index (χ3v) is 5.89. The minimum Gasteiger partial charge on any atom is -0.469 e. The highest BCUT2D eigenvalue weighted by Gasteiger charge is 2.28. The summed E-state index contributed by atoms with van der Waals surface area (Å²) < 4.78 is 11.7. The number of aryl methyl sites for hydroxylation is 2. The highest BCUT2D eigenvalue weighted by molar-refractivity contribution is 5.76. The van der Waals surface area contributed by atoms with E-state index in [0.717, 1.165) is 41.5 Å². The average Bonchev–Trinajstić information content (AvgIpc) is 3.36. The first-order valence-electron chi connectivity index (χ1n) is 10.8. The fraction of sp³-hybridized carbons (Fsp3) is 0.400. The van der Waals surface area contributed by atoms with Crippen LogP contribution in [0, 0.1) is 13.8 Å². The van der Waals surface area contributed by atoms with Crippen molar-refractivity contribution in [3.63, 3.8) is 0 Å². The lowest BCUT2D eigenvalue weighted by Gasteiger charge is -2.32. The average molecular weight is 407 g/mol. The molecule has 1 fully saturated rings. The summed E-state index contributed by atoms with van der Waals surface area (Å²) in [4.78, 5) is 14.5. The van der Waals surface area contributed by atoms with Crippen molar-refractivity contribution in [3.8, 4) is 0 Å². The van der Waals surface area contributed by atoms with Crippen molar-refractivity contribution in [2.75, 3.05) is 18.0 Å². The second-order valence-corrected chi connectivity index (χ2v) is 8.34. The number of nitrogens with zero attached hydrogens (tertiary/aromatic N) is 1. The number of benzene rings is 1. The second kappa shape index (κ2) is 8.82. The van der Waals surface area contributed by atoms with Crippen molar-refractivity contribution in [2.45, 2.75) is 51.9 Å². The van der Waals surface area contributed by atoms with Crippen LogP contribution in [0.1, 0.15) is 65.6 Å². The molecule has 5 heteroatoms.